The van der Waals surface area contributed by atoms with Crippen LogP contribution < -0.4 is 14.2 Å². The number of likely N-dealkylation sites (N-methyl/N-ethyl adjacent to an activating group) is 1. The predicted molar refractivity (Wildman–Crippen MR) is 85.3 cm³/mol. The normalized spacial score (nSPS) is 26.4. The van der Waals surface area contributed by atoms with Crippen LogP contribution in [0, 0.1) is 5.92 Å². The minimum Gasteiger partial charge on any atom is -0.496 e. The van der Waals surface area contributed by atoms with Crippen molar-refractivity contribution in [1.82, 2.24) is 9.80 Å². The maximum atomic E-state index is 12.5. The summed E-state index contributed by atoms with van der Waals surface area (Å²) in [7, 11) is 3.53. The molecule has 2 bridgehead atoms. The summed E-state index contributed by atoms with van der Waals surface area (Å²) in [6.45, 7) is 3.51. The number of benzene rings is 1. The van der Waals surface area contributed by atoms with Gasteiger partial charge >= 0.3 is 0 Å². The molecule has 1 aromatic rings. The van der Waals surface area contributed by atoms with E-state index < -0.39 is 0 Å². The molecule has 0 unspecified atom stereocenters. The molecule has 24 heavy (non-hydrogen) atoms. The second-order valence-electron chi connectivity index (χ2n) is 6.55. The molecule has 0 aliphatic carbocycles. The first-order valence-corrected chi connectivity index (χ1v) is 8.19. The van der Waals surface area contributed by atoms with Crippen LogP contribution in [0.5, 0.6) is 17.2 Å². The fourth-order valence-electron chi connectivity index (χ4n) is 3.64. The molecular weight excluding hydrogens is 312 g/mol. The third kappa shape index (κ3) is 2.67. The molecule has 2 fully saturated rings. The van der Waals surface area contributed by atoms with Crippen molar-refractivity contribution in [2.45, 2.75) is 12.6 Å². The number of carbonyl (C=O) groups is 1. The predicted octanol–water partition coefficient (Wildman–Crippen LogP) is 0.713. The van der Waals surface area contributed by atoms with Crippen LogP contribution in [-0.4, -0.2) is 69.0 Å². The van der Waals surface area contributed by atoms with Gasteiger partial charge in [0.05, 0.1) is 32.3 Å². The Morgan fingerprint density at radius 3 is 2.79 bits per heavy atom. The van der Waals surface area contributed by atoms with Gasteiger partial charge in [-0.25, -0.2) is 0 Å². The van der Waals surface area contributed by atoms with Gasteiger partial charge in [-0.1, -0.05) is 0 Å². The maximum absolute atomic E-state index is 12.5. The quantitative estimate of drug-likeness (QED) is 0.811. The zero-order valence-corrected chi connectivity index (χ0v) is 14.0. The van der Waals surface area contributed by atoms with E-state index in [2.05, 4.69) is 4.90 Å². The molecule has 0 aromatic heterocycles. The Morgan fingerprint density at radius 2 is 2.00 bits per heavy atom. The Morgan fingerprint density at radius 1 is 1.21 bits per heavy atom. The maximum Gasteiger partial charge on any atom is 0.231 e. The molecule has 3 heterocycles. The lowest BCUT2D eigenvalue weighted by Gasteiger charge is -2.29. The van der Waals surface area contributed by atoms with Crippen LogP contribution >= 0.6 is 0 Å². The van der Waals surface area contributed by atoms with Crippen molar-refractivity contribution < 1.29 is 23.7 Å². The van der Waals surface area contributed by atoms with Crippen molar-refractivity contribution >= 4 is 5.91 Å². The molecule has 2 atom stereocenters. The summed E-state index contributed by atoms with van der Waals surface area (Å²) < 4.78 is 22.1. The third-order valence-corrected chi connectivity index (χ3v) is 4.99. The van der Waals surface area contributed by atoms with E-state index in [1.165, 1.54) is 0 Å². The Labute approximate surface area is 141 Å². The molecule has 2 saturated heterocycles. The van der Waals surface area contributed by atoms with Gasteiger partial charge in [0, 0.05) is 38.3 Å². The Hall–Kier alpha value is -1.99. The van der Waals surface area contributed by atoms with Crippen LogP contribution in [0.2, 0.25) is 0 Å². The Kier molecular flexibility index (Phi) is 3.97. The molecule has 1 aromatic carbocycles. The molecule has 0 spiro atoms. The molecule has 7 heteroatoms. The van der Waals surface area contributed by atoms with Crippen LogP contribution in [0.3, 0.4) is 0 Å². The lowest BCUT2D eigenvalue weighted by Crippen LogP contribution is -2.42. The first-order chi connectivity index (χ1) is 11.7. The number of carbonyl (C=O) groups excluding carboxylic acids is 1. The van der Waals surface area contributed by atoms with Crippen LogP contribution in [0.25, 0.3) is 0 Å². The van der Waals surface area contributed by atoms with Crippen molar-refractivity contribution in [3.8, 4) is 17.2 Å². The minimum atomic E-state index is -0.109. The summed E-state index contributed by atoms with van der Waals surface area (Å²) >= 11 is 0. The highest BCUT2D eigenvalue weighted by molar-refractivity contribution is 5.80. The second kappa shape index (κ2) is 6.14. The summed E-state index contributed by atoms with van der Waals surface area (Å²) in [5.41, 5.74) is 1.04. The number of nitrogens with zero attached hydrogens (tertiary/aromatic N) is 2. The summed E-state index contributed by atoms with van der Waals surface area (Å²) in [4.78, 5) is 16.6. The molecule has 3 aliphatic rings. The molecule has 130 valence electrons. The van der Waals surface area contributed by atoms with Crippen LogP contribution in [0.4, 0.5) is 0 Å². The van der Waals surface area contributed by atoms with Gasteiger partial charge in [0.25, 0.3) is 0 Å². The van der Waals surface area contributed by atoms with Crippen molar-refractivity contribution in [1.29, 1.82) is 0 Å². The van der Waals surface area contributed by atoms with Crippen LogP contribution in [0.1, 0.15) is 5.56 Å². The Balaban J connectivity index is 1.58. The van der Waals surface area contributed by atoms with E-state index in [0.717, 1.165) is 23.6 Å². The molecule has 0 N–H and O–H groups in total. The van der Waals surface area contributed by atoms with Crippen molar-refractivity contribution in [3.63, 3.8) is 0 Å². The number of hydrogen-bond acceptors (Lipinski definition) is 6. The van der Waals surface area contributed by atoms with Crippen molar-refractivity contribution in [2.24, 2.45) is 5.92 Å². The van der Waals surface area contributed by atoms with Gasteiger partial charge in [0.1, 0.15) is 5.75 Å². The lowest BCUT2D eigenvalue weighted by molar-refractivity contribution is -0.133. The van der Waals surface area contributed by atoms with Crippen molar-refractivity contribution in [2.75, 3.05) is 47.3 Å². The zero-order chi connectivity index (χ0) is 16.7. The van der Waals surface area contributed by atoms with E-state index in [1.54, 1.807) is 7.11 Å². The summed E-state index contributed by atoms with van der Waals surface area (Å²) in [5, 5.41) is 0. The van der Waals surface area contributed by atoms with Gasteiger partial charge in [-0.2, -0.15) is 0 Å². The fraction of sp³-hybridized carbons (Fsp3) is 0.588. The van der Waals surface area contributed by atoms with E-state index in [-0.39, 0.29) is 24.7 Å². The number of rotatable bonds is 3. The fourth-order valence-corrected chi connectivity index (χ4v) is 3.64. The zero-order valence-electron chi connectivity index (χ0n) is 14.0. The van der Waals surface area contributed by atoms with E-state index >= 15 is 0 Å². The van der Waals surface area contributed by atoms with Gasteiger partial charge in [-0.05, 0) is 6.07 Å². The topological polar surface area (TPSA) is 60.5 Å². The second-order valence-corrected chi connectivity index (χ2v) is 6.55. The van der Waals surface area contributed by atoms with Gasteiger partial charge < -0.3 is 23.8 Å². The first-order valence-electron chi connectivity index (χ1n) is 8.19. The van der Waals surface area contributed by atoms with E-state index in [1.807, 2.05) is 24.1 Å². The monoisotopic (exact) mass is 334 g/mol. The molecule has 0 radical (unpaired) electrons. The number of fused-ring (bicyclic) bond motifs is 4. The van der Waals surface area contributed by atoms with E-state index in [4.69, 9.17) is 18.9 Å². The molecule has 1 amide bonds. The minimum absolute atomic E-state index is 0.0880. The third-order valence-electron chi connectivity index (χ3n) is 4.99. The molecular formula is C17H22N2O5. The molecule has 4 rings (SSSR count). The summed E-state index contributed by atoms with van der Waals surface area (Å²) in [6.07, 6.45) is 0. The highest BCUT2D eigenvalue weighted by atomic mass is 16.7. The van der Waals surface area contributed by atoms with Gasteiger partial charge in [0.15, 0.2) is 11.5 Å². The summed E-state index contributed by atoms with van der Waals surface area (Å²) in [6, 6.07) is 3.94. The van der Waals surface area contributed by atoms with Gasteiger partial charge in [0.2, 0.25) is 12.7 Å². The number of methoxy groups -OCH3 is 1. The number of hydrogen-bond donors (Lipinski definition) is 0. The number of ether oxygens (including phenoxy) is 4. The average molecular weight is 334 g/mol. The number of amides is 1. The Bertz CT molecular complexity index is 650. The first kappa shape index (κ1) is 15.5. The van der Waals surface area contributed by atoms with Crippen molar-refractivity contribution in [3.05, 3.63) is 17.7 Å². The van der Waals surface area contributed by atoms with E-state index in [9.17, 15) is 4.79 Å². The molecule has 7 nitrogen and oxygen atoms in total. The van der Waals surface area contributed by atoms with Crippen LogP contribution in [-0.2, 0) is 16.1 Å². The van der Waals surface area contributed by atoms with Gasteiger partial charge in [-0.3, -0.25) is 9.69 Å². The van der Waals surface area contributed by atoms with Crippen LogP contribution in [0.15, 0.2) is 12.1 Å². The molecule has 0 saturated carbocycles. The smallest absolute Gasteiger partial charge is 0.231 e. The SMILES string of the molecule is COc1cc2c(cc1CN1C[C@@H]3COC[C@H](C1)N(C)C3=O)OCO2. The largest absolute Gasteiger partial charge is 0.496 e. The lowest BCUT2D eigenvalue weighted by atomic mass is 10.1. The highest BCUT2D eigenvalue weighted by Crippen LogP contribution is 2.38. The van der Waals surface area contributed by atoms with E-state index in [0.29, 0.717) is 32.1 Å². The highest BCUT2D eigenvalue weighted by Gasteiger charge is 2.37. The molecule has 3 aliphatic heterocycles. The standard InChI is InChI=1S/C17H22N2O5/c1-18-13-7-19(6-12(17(18)20)8-22-9-13)5-11-3-15-16(24-10-23-15)4-14(11)21-2/h3-4,12-13H,5-10H2,1-2H3/t12-,13+/m1/s1. The summed E-state index contributed by atoms with van der Waals surface area (Å²) in [5.74, 6) is 2.31. The average Bonchev–Trinajstić information content (AvgIpc) is 2.93. The van der Waals surface area contributed by atoms with Gasteiger partial charge in [-0.15, -0.1) is 0 Å².